The van der Waals surface area contributed by atoms with Crippen molar-refractivity contribution in [3.63, 3.8) is 0 Å². The monoisotopic (exact) mass is 420 g/mol. The van der Waals surface area contributed by atoms with E-state index in [-0.39, 0.29) is 43.6 Å². The summed E-state index contributed by atoms with van der Waals surface area (Å²) in [6, 6.07) is 12.6. The minimum atomic E-state index is -3.78. The van der Waals surface area contributed by atoms with Crippen LogP contribution in [-0.2, 0) is 14.8 Å². The lowest BCUT2D eigenvalue weighted by Gasteiger charge is -2.34. The zero-order valence-corrected chi connectivity index (χ0v) is 17.4. The van der Waals surface area contributed by atoms with Gasteiger partial charge in [-0.05, 0) is 41.8 Å². The van der Waals surface area contributed by atoms with Gasteiger partial charge < -0.3 is 9.64 Å². The highest BCUT2D eigenvalue weighted by Gasteiger charge is 2.30. The molecule has 2 aromatic rings. The quantitative estimate of drug-likeness (QED) is 0.721. The number of hydrogen-bond donors (Lipinski definition) is 0. The predicted octanol–water partition coefficient (Wildman–Crippen LogP) is 2.86. The van der Waals surface area contributed by atoms with Crippen LogP contribution in [0.4, 0.5) is 4.39 Å². The van der Waals surface area contributed by atoms with Crippen LogP contribution in [-0.4, -0.2) is 56.3 Å². The second-order valence-corrected chi connectivity index (χ2v) is 9.19. The molecule has 3 rings (SSSR count). The second-order valence-electron chi connectivity index (χ2n) is 7.25. The average molecular weight is 421 g/mol. The number of hydrogen-bond acceptors (Lipinski definition) is 4. The van der Waals surface area contributed by atoms with Gasteiger partial charge in [-0.25, -0.2) is 12.8 Å². The minimum Gasteiger partial charge on any atom is -0.484 e. The van der Waals surface area contributed by atoms with Gasteiger partial charge >= 0.3 is 0 Å². The zero-order chi connectivity index (χ0) is 21.0. The largest absolute Gasteiger partial charge is 0.484 e. The lowest BCUT2D eigenvalue weighted by molar-refractivity contribution is -0.134. The van der Waals surface area contributed by atoms with Crippen molar-refractivity contribution >= 4 is 15.9 Å². The number of nitrogens with zero attached hydrogens (tertiary/aromatic N) is 2. The summed E-state index contributed by atoms with van der Waals surface area (Å²) < 4.78 is 45.5. The molecule has 6 nitrogen and oxygen atoms in total. The van der Waals surface area contributed by atoms with Gasteiger partial charge in [0.2, 0.25) is 10.0 Å². The molecule has 156 valence electrons. The number of ether oxygens (including phenoxy) is 1. The van der Waals surface area contributed by atoms with Crippen LogP contribution in [0.25, 0.3) is 0 Å². The maximum Gasteiger partial charge on any atom is 0.260 e. The lowest BCUT2D eigenvalue weighted by atomic mass is 10.0. The Kier molecular flexibility index (Phi) is 6.54. The molecular formula is C21H25FN2O4S. The Morgan fingerprint density at radius 3 is 2.31 bits per heavy atom. The summed E-state index contributed by atoms with van der Waals surface area (Å²) in [4.78, 5) is 13.9. The number of amides is 1. The fourth-order valence-electron chi connectivity index (χ4n) is 3.14. The summed E-state index contributed by atoms with van der Waals surface area (Å²) in [5.41, 5.74) is 1.19. The van der Waals surface area contributed by atoms with Crippen molar-refractivity contribution in [1.29, 1.82) is 0 Å². The Bertz CT molecular complexity index is 953. The summed E-state index contributed by atoms with van der Waals surface area (Å²) in [6.07, 6.45) is 0. The zero-order valence-electron chi connectivity index (χ0n) is 16.5. The molecule has 1 heterocycles. The molecule has 0 N–H and O–H groups in total. The van der Waals surface area contributed by atoms with E-state index in [0.29, 0.717) is 11.7 Å². The van der Waals surface area contributed by atoms with Gasteiger partial charge in [-0.3, -0.25) is 4.79 Å². The van der Waals surface area contributed by atoms with E-state index < -0.39 is 15.8 Å². The highest BCUT2D eigenvalue weighted by Crippen LogP contribution is 2.20. The fourth-order valence-corrected chi connectivity index (χ4v) is 4.59. The molecule has 8 heteroatoms. The number of halogens is 1. The fraction of sp³-hybridized carbons (Fsp3) is 0.381. The lowest BCUT2D eigenvalue weighted by Crippen LogP contribution is -2.51. The number of sulfonamides is 1. The standard InChI is InChI=1S/C21H25FN2O4S/c1-16(2)17-6-8-19(9-7-17)28-15-21(25)23-10-12-24(13-11-23)29(26,27)20-5-3-4-18(22)14-20/h3-9,14,16H,10-13,15H2,1-2H3. The van der Waals surface area contributed by atoms with Crippen LogP contribution in [0.15, 0.2) is 53.4 Å². The number of carbonyl (C=O) groups is 1. The van der Waals surface area contributed by atoms with Gasteiger partial charge in [0.25, 0.3) is 5.91 Å². The van der Waals surface area contributed by atoms with E-state index in [4.69, 9.17) is 4.74 Å². The maximum absolute atomic E-state index is 13.4. The van der Waals surface area contributed by atoms with Crippen molar-refractivity contribution in [2.45, 2.75) is 24.7 Å². The molecule has 2 aromatic carbocycles. The van der Waals surface area contributed by atoms with Crippen LogP contribution in [0, 0.1) is 5.82 Å². The first-order valence-corrected chi connectivity index (χ1v) is 11.0. The molecule has 0 radical (unpaired) electrons. The minimum absolute atomic E-state index is 0.0783. The number of piperazine rings is 1. The van der Waals surface area contributed by atoms with Crippen LogP contribution >= 0.6 is 0 Å². The van der Waals surface area contributed by atoms with Crippen LogP contribution in [0.2, 0.25) is 0 Å². The predicted molar refractivity (Wildman–Crippen MR) is 108 cm³/mol. The third-order valence-corrected chi connectivity index (χ3v) is 6.83. The number of benzene rings is 2. The van der Waals surface area contributed by atoms with E-state index in [1.165, 1.54) is 28.1 Å². The summed E-state index contributed by atoms with van der Waals surface area (Å²) in [6.45, 7) is 4.96. The number of rotatable bonds is 6. The molecule has 0 spiro atoms. The van der Waals surface area contributed by atoms with Crippen molar-refractivity contribution in [2.75, 3.05) is 32.8 Å². The van der Waals surface area contributed by atoms with Crippen molar-refractivity contribution in [1.82, 2.24) is 9.21 Å². The topological polar surface area (TPSA) is 66.9 Å². The van der Waals surface area contributed by atoms with Gasteiger partial charge in [-0.1, -0.05) is 32.0 Å². The van der Waals surface area contributed by atoms with E-state index in [1.807, 2.05) is 24.3 Å². The van der Waals surface area contributed by atoms with Crippen LogP contribution in [0.5, 0.6) is 5.75 Å². The Morgan fingerprint density at radius 1 is 1.07 bits per heavy atom. The summed E-state index contributed by atoms with van der Waals surface area (Å²) in [7, 11) is -3.78. The highest BCUT2D eigenvalue weighted by atomic mass is 32.2. The molecule has 1 aliphatic rings. The first kappa shape index (κ1) is 21.3. The molecule has 1 amide bonds. The molecule has 1 fully saturated rings. The van der Waals surface area contributed by atoms with Crippen molar-refractivity contribution in [3.05, 3.63) is 59.9 Å². The molecule has 1 aliphatic heterocycles. The van der Waals surface area contributed by atoms with E-state index >= 15 is 0 Å². The molecule has 0 aliphatic carbocycles. The van der Waals surface area contributed by atoms with E-state index in [0.717, 1.165) is 6.07 Å². The molecule has 0 bridgehead atoms. The molecule has 0 unspecified atom stereocenters. The van der Waals surface area contributed by atoms with Crippen molar-refractivity contribution < 1.29 is 22.3 Å². The van der Waals surface area contributed by atoms with E-state index in [2.05, 4.69) is 13.8 Å². The van der Waals surface area contributed by atoms with Crippen molar-refractivity contribution in [3.8, 4) is 5.75 Å². The van der Waals surface area contributed by atoms with Gasteiger partial charge in [0, 0.05) is 26.2 Å². The van der Waals surface area contributed by atoms with Gasteiger partial charge in [-0.2, -0.15) is 4.31 Å². The van der Waals surface area contributed by atoms with Crippen molar-refractivity contribution in [2.24, 2.45) is 0 Å². The Balaban J connectivity index is 1.53. The van der Waals surface area contributed by atoms with Gasteiger partial charge in [0.1, 0.15) is 11.6 Å². The molecule has 0 atom stereocenters. The molecule has 29 heavy (non-hydrogen) atoms. The van der Waals surface area contributed by atoms with Crippen LogP contribution in [0.1, 0.15) is 25.3 Å². The summed E-state index contributed by atoms with van der Waals surface area (Å²) in [5.74, 6) is 0.250. The Morgan fingerprint density at radius 2 is 1.72 bits per heavy atom. The first-order chi connectivity index (χ1) is 13.8. The van der Waals surface area contributed by atoms with Gasteiger partial charge in [0.05, 0.1) is 4.90 Å². The van der Waals surface area contributed by atoms with Crippen LogP contribution in [0.3, 0.4) is 0 Å². The van der Waals surface area contributed by atoms with Crippen LogP contribution < -0.4 is 4.74 Å². The summed E-state index contributed by atoms with van der Waals surface area (Å²) >= 11 is 0. The normalized spacial score (nSPS) is 15.5. The number of carbonyl (C=O) groups excluding carboxylic acids is 1. The maximum atomic E-state index is 13.4. The Labute approximate surface area is 170 Å². The Hall–Kier alpha value is -2.45. The third kappa shape index (κ3) is 5.13. The third-order valence-electron chi connectivity index (χ3n) is 4.93. The molecule has 0 saturated carbocycles. The molecule has 1 saturated heterocycles. The second kappa shape index (κ2) is 8.92. The van der Waals surface area contributed by atoms with Gasteiger partial charge in [-0.15, -0.1) is 0 Å². The summed E-state index contributed by atoms with van der Waals surface area (Å²) in [5, 5.41) is 0. The SMILES string of the molecule is CC(C)c1ccc(OCC(=O)N2CCN(S(=O)(=O)c3cccc(F)c3)CC2)cc1. The molecular weight excluding hydrogens is 395 g/mol. The average Bonchev–Trinajstić information content (AvgIpc) is 2.72. The van der Waals surface area contributed by atoms with E-state index in [1.54, 1.807) is 4.90 Å². The highest BCUT2D eigenvalue weighted by molar-refractivity contribution is 7.89. The van der Waals surface area contributed by atoms with E-state index in [9.17, 15) is 17.6 Å². The van der Waals surface area contributed by atoms with Gasteiger partial charge in [0.15, 0.2) is 6.61 Å². The smallest absolute Gasteiger partial charge is 0.260 e. The molecule has 0 aromatic heterocycles. The first-order valence-electron chi connectivity index (χ1n) is 9.53.